The lowest BCUT2D eigenvalue weighted by atomic mass is 10.1. The van der Waals surface area contributed by atoms with Crippen LogP contribution in [0.5, 0.6) is 5.75 Å². The molecule has 1 aromatic carbocycles. The number of hydrogen-bond acceptors (Lipinski definition) is 6. The lowest BCUT2D eigenvalue weighted by Crippen LogP contribution is -2.79. The van der Waals surface area contributed by atoms with E-state index in [2.05, 4.69) is 12.2 Å². The van der Waals surface area contributed by atoms with Crippen LogP contribution in [0.2, 0.25) is 0 Å². The summed E-state index contributed by atoms with van der Waals surface area (Å²) in [5.41, 5.74) is 1.02. The molecule has 0 aliphatic heterocycles. The maximum absolute atomic E-state index is 11.9. The Kier molecular flexibility index (Phi) is 22.7. The van der Waals surface area contributed by atoms with Crippen LogP contribution >= 0.6 is 8.60 Å². The number of unbranched alkanes of at least 4 members (excludes halogenated alkanes) is 11. The lowest BCUT2D eigenvalue weighted by Gasteiger charge is -2.19. The highest BCUT2D eigenvalue weighted by Crippen LogP contribution is 2.33. The summed E-state index contributed by atoms with van der Waals surface area (Å²) in [5.74, 6) is 0.564. The van der Waals surface area contributed by atoms with Crippen LogP contribution in [0.3, 0.4) is 0 Å². The molecule has 0 bridgehead atoms. The van der Waals surface area contributed by atoms with Crippen LogP contribution in [-0.4, -0.2) is 50.4 Å². The maximum atomic E-state index is 11.9. The van der Waals surface area contributed by atoms with Crippen LogP contribution in [-0.2, 0) is 25.0 Å². The zero-order valence-electron chi connectivity index (χ0n) is 24.3. The summed E-state index contributed by atoms with van der Waals surface area (Å²) < 4.78 is 22.2. The third kappa shape index (κ3) is 19.8. The Morgan fingerprint density at radius 1 is 0.842 bits per heavy atom. The quantitative estimate of drug-likeness (QED) is 0.0773. The molecular formula is C30H55NO6P+. The van der Waals surface area contributed by atoms with E-state index in [1.54, 1.807) is 6.92 Å². The highest BCUT2D eigenvalue weighted by Gasteiger charge is 2.18. The van der Waals surface area contributed by atoms with E-state index >= 15 is 0 Å². The van der Waals surface area contributed by atoms with Crippen molar-refractivity contribution in [2.45, 2.75) is 116 Å². The van der Waals surface area contributed by atoms with Crippen LogP contribution in [0.1, 0.15) is 109 Å². The molecule has 0 aromatic heterocycles. The first kappa shape index (κ1) is 34.8. The minimum Gasteiger partial charge on any atom is -0.494 e. The van der Waals surface area contributed by atoms with Gasteiger partial charge in [-0.05, 0) is 24.1 Å². The number of rotatable bonds is 26. The predicted molar refractivity (Wildman–Crippen MR) is 155 cm³/mol. The molecule has 1 rings (SSSR count). The lowest BCUT2D eigenvalue weighted by molar-refractivity contribution is -0.627. The zero-order chi connectivity index (χ0) is 27.7. The van der Waals surface area contributed by atoms with Gasteiger partial charge in [0.05, 0.1) is 33.4 Å². The Morgan fingerprint density at radius 2 is 1.45 bits per heavy atom. The van der Waals surface area contributed by atoms with Crippen LogP contribution < -0.4 is 10.1 Å². The molecular weight excluding hydrogens is 501 g/mol. The molecule has 0 radical (unpaired) electrons. The highest BCUT2D eigenvalue weighted by atomic mass is 31.2. The first-order chi connectivity index (χ1) is 18.6. The topological polar surface area (TPSA) is 90.8 Å². The smallest absolute Gasteiger partial charge is 0.329 e. The Balaban J connectivity index is 2.23. The Labute approximate surface area is 233 Å². The van der Waals surface area contributed by atoms with Gasteiger partial charge in [-0.3, -0.25) is 4.79 Å². The molecule has 8 heteroatoms. The second-order valence-electron chi connectivity index (χ2n) is 9.97. The first-order valence-electron chi connectivity index (χ1n) is 15.0. The van der Waals surface area contributed by atoms with Crippen molar-refractivity contribution in [3.63, 3.8) is 0 Å². The summed E-state index contributed by atoms with van der Waals surface area (Å²) in [6.45, 7) is 6.22. The summed E-state index contributed by atoms with van der Waals surface area (Å²) in [6.07, 6.45) is 17.1. The number of nitrogens with two attached hydrogens (primary N) is 1. The van der Waals surface area contributed by atoms with Gasteiger partial charge in [-0.25, -0.2) is 0 Å². The molecule has 2 atom stereocenters. The number of esters is 1. The third-order valence-corrected chi connectivity index (χ3v) is 7.22. The molecule has 0 fully saturated rings. The van der Waals surface area contributed by atoms with Gasteiger partial charge in [0.15, 0.2) is 0 Å². The molecule has 0 aliphatic carbocycles. The Hall–Kier alpha value is -1.24. The van der Waals surface area contributed by atoms with E-state index in [-0.39, 0.29) is 12.6 Å². The van der Waals surface area contributed by atoms with Gasteiger partial charge >= 0.3 is 14.6 Å². The van der Waals surface area contributed by atoms with Gasteiger partial charge in [0, 0.05) is 19.3 Å². The van der Waals surface area contributed by atoms with Gasteiger partial charge < -0.3 is 28.7 Å². The van der Waals surface area contributed by atoms with Crippen molar-refractivity contribution in [3.8, 4) is 5.75 Å². The molecule has 2 unspecified atom stereocenters. The van der Waals surface area contributed by atoms with E-state index in [9.17, 15) is 9.69 Å². The molecule has 3 N–H and O–H groups in total. The van der Waals surface area contributed by atoms with E-state index in [1.165, 1.54) is 70.6 Å². The number of hydrogen-bond donors (Lipinski definition) is 2. The van der Waals surface area contributed by atoms with Crippen LogP contribution in [0, 0.1) is 0 Å². The predicted octanol–water partition coefficient (Wildman–Crippen LogP) is 6.47. The van der Waals surface area contributed by atoms with Crippen molar-refractivity contribution in [1.29, 1.82) is 0 Å². The van der Waals surface area contributed by atoms with Crippen LogP contribution in [0.25, 0.3) is 0 Å². The van der Waals surface area contributed by atoms with Crippen molar-refractivity contribution in [3.05, 3.63) is 29.8 Å². The van der Waals surface area contributed by atoms with Gasteiger partial charge in [-0.1, -0.05) is 96.6 Å². The van der Waals surface area contributed by atoms with Gasteiger partial charge in [-0.2, -0.15) is 0 Å². The minimum absolute atomic E-state index is 0.0883. The summed E-state index contributed by atoms with van der Waals surface area (Å²) in [7, 11) is 0.00673. The number of quaternary nitrogens is 1. The number of carbonyl (C=O) groups is 1. The average molecular weight is 557 g/mol. The number of carbonyl (C=O) groups excluding carboxylic acids is 1. The largest absolute Gasteiger partial charge is 0.494 e. The summed E-state index contributed by atoms with van der Waals surface area (Å²) in [5, 5.41) is 2.06. The normalized spacial score (nSPS) is 12.8. The third-order valence-electron chi connectivity index (χ3n) is 6.45. The molecule has 0 saturated carbocycles. The fraction of sp³-hybridized carbons (Fsp3) is 0.767. The highest BCUT2D eigenvalue weighted by molar-refractivity contribution is 7.40. The van der Waals surface area contributed by atoms with Crippen LogP contribution in [0.15, 0.2) is 24.3 Å². The molecule has 7 nitrogen and oxygen atoms in total. The van der Waals surface area contributed by atoms with Crippen molar-refractivity contribution in [2.24, 2.45) is 0 Å². The second kappa shape index (κ2) is 24.8. The Morgan fingerprint density at radius 3 is 2.03 bits per heavy atom. The first-order valence-corrected chi connectivity index (χ1v) is 16.2. The molecule has 220 valence electrons. The van der Waals surface area contributed by atoms with Gasteiger partial charge in [0.2, 0.25) is 0 Å². The van der Waals surface area contributed by atoms with Gasteiger partial charge in [0.25, 0.3) is 0 Å². The Bertz CT molecular complexity index is 675. The van der Waals surface area contributed by atoms with E-state index in [4.69, 9.17) is 18.5 Å². The van der Waals surface area contributed by atoms with E-state index in [0.29, 0.717) is 19.4 Å². The summed E-state index contributed by atoms with van der Waals surface area (Å²) in [4.78, 5) is 21.8. The van der Waals surface area contributed by atoms with E-state index in [1.807, 2.05) is 31.3 Å². The standard InChI is InChI=1S/C30H54NO6P/c1-4-6-7-8-9-10-11-12-13-14-15-16-23-34-28-20-18-27(19-21-28)25-29(37-30(32)5-2)26-36-38(33)35-24-17-22-31-3/h18-21,29,31,33H,4-17,22-26H2,1-3H3/p+1. The zero-order valence-corrected chi connectivity index (χ0v) is 25.2. The minimum atomic E-state index is -1.98. The van der Waals surface area contributed by atoms with Crippen molar-refractivity contribution >= 4 is 14.6 Å². The van der Waals surface area contributed by atoms with Gasteiger partial charge in [0.1, 0.15) is 11.9 Å². The molecule has 0 aliphatic rings. The number of ether oxygens (including phenoxy) is 2. The molecule has 1 aromatic rings. The summed E-state index contributed by atoms with van der Waals surface area (Å²) in [6, 6.07) is 7.90. The second-order valence-corrected chi connectivity index (χ2v) is 11.0. The molecule has 0 heterocycles. The average Bonchev–Trinajstić information content (AvgIpc) is 2.93. The van der Waals surface area contributed by atoms with E-state index in [0.717, 1.165) is 37.3 Å². The van der Waals surface area contributed by atoms with Gasteiger partial charge in [-0.15, -0.1) is 0 Å². The van der Waals surface area contributed by atoms with Crippen molar-refractivity contribution < 1.29 is 33.5 Å². The van der Waals surface area contributed by atoms with Crippen LogP contribution in [0.4, 0.5) is 0 Å². The van der Waals surface area contributed by atoms with Crippen molar-refractivity contribution in [2.75, 3.05) is 33.4 Å². The monoisotopic (exact) mass is 556 g/mol. The fourth-order valence-corrected chi connectivity index (χ4v) is 4.79. The molecule has 38 heavy (non-hydrogen) atoms. The fourth-order valence-electron chi connectivity index (χ4n) is 4.14. The molecule has 0 amide bonds. The SMILES string of the molecule is CCCCCCCCCCCCCCOc1ccc(CC(COP(O)OCCC[NH2+]C)OC(=O)CC)cc1. The van der Waals surface area contributed by atoms with E-state index < -0.39 is 14.7 Å². The maximum Gasteiger partial charge on any atom is 0.329 e. The molecule has 0 saturated heterocycles. The number of benzene rings is 1. The molecule has 0 spiro atoms. The van der Waals surface area contributed by atoms with Crippen molar-refractivity contribution in [1.82, 2.24) is 0 Å². The summed E-state index contributed by atoms with van der Waals surface area (Å²) >= 11 is 0.